The maximum atomic E-state index is 11.3. The standard InChI is InChI=1S/C9H7N3O4S/c10-17(15,16)8-4-3-7(12(13)14)9-6(8)2-1-5-11-9/h1-5H,(H2,10,15,16). The Bertz CT molecular complexity index is 711. The van der Waals surface area contributed by atoms with Crippen molar-refractivity contribution >= 4 is 26.6 Å². The summed E-state index contributed by atoms with van der Waals surface area (Å²) in [4.78, 5) is 13.8. The molecule has 0 aliphatic rings. The number of hydrogen-bond donors (Lipinski definition) is 1. The number of rotatable bonds is 2. The van der Waals surface area contributed by atoms with Gasteiger partial charge in [0.1, 0.15) is 5.52 Å². The van der Waals surface area contributed by atoms with Crippen LogP contribution < -0.4 is 5.14 Å². The van der Waals surface area contributed by atoms with Crippen LogP contribution in [0.25, 0.3) is 10.9 Å². The van der Waals surface area contributed by atoms with E-state index in [-0.39, 0.29) is 21.5 Å². The molecule has 0 saturated heterocycles. The molecule has 0 aliphatic heterocycles. The molecule has 0 amide bonds. The zero-order valence-electron chi connectivity index (χ0n) is 8.40. The van der Waals surface area contributed by atoms with Crippen LogP contribution in [0.15, 0.2) is 35.4 Å². The van der Waals surface area contributed by atoms with Gasteiger partial charge in [0.2, 0.25) is 10.0 Å². The van der Waals surface area contributed by atoms with Crippen LogP contribution >= 0.6 is 0 Å². The predicted molar refractivity (Wildman–Crippen MR) is 59.8 cm³/mol. The van der Waals surface area contributed by atoms with Gasteiger partial charge in [-0.05, 0) is 18.2 Å². The summed E-state index contributed by atoms with van der Waals surface area (Å²) >= 11 is 0. The number of nitrogens with zero attached hydrogens (tertiary/aromatic N) is 2. The second-order valence-electron chi connectivity index (χ2n) is 3.28. The van der Waals surface area contributed by atoms with Crippen molar-refractivity contribution < 1.29 is 13.3 Å². The lowest BCUT2D eigenvalue weighted by atomic mass is 10.2. The molecule has 0 bridgehead atoms. The Kier molecular flexibility index (Phi) is 2.52. The van der Waals surface area contributed by atoms with Gasteiger partial charge in [-0.15, -0.1) is 0 Å². The third-order valence-corrected chi connectivity index (χ3v) is 3.18. The molecule has 2 aromatic rings. The first-order valence-corrected chi connectivity index (χ1v) is 6.01. The van der Waals surface area contributed by atoms with E-state index in [4.69, 9.17) is 5.14 Å². The van der Waals surface area contributed by atoms with Crippen LogP contribution in [0.5, 0.6) is 0 Å². The molecule has 1 aromatic carbocycles. The number of primary sulfonamides is 1. The summed E-state index contributed by atoms with van der Waals surface area (Å²) in [6.07, 6.45) is 1.35. The number of sulfonamides is 1. The van der Waals surface area contributed by atoms with Crippen molar-refractivity contribution in [2.75, 3.05) is 0 Å². The maximum absolute atomic E-state index is 11.3. The molecule has 1 heterocycles. The molecule has 0 fully saturated rings. The van der Waals surface area contributed by atoms with E-state index in [0.29, 0.717) is 0 Å². The van der Waals surface area contributed by atoms with Crippen LogP contribution in [0.3, 0.4) is 0 Å². The van der Waals surface area contributed by atoms with E-state index >= 15 is 0 Å². The number of fused-ring (bicyclic) bond motifs is 1. The predicted octanol–water partition coefficient (Wildman–Crippen LogP) is 0.790. The Morgan fingerprint density at radius 1 is 1.29 bits per heavy atom. The van der Waals surface area contributed by atoms with Crippen molar-refractivity contribution in [3.8, 4) is 0 Å². The molecule has 88 valence electrons. The number of pyridine rings is 1. The van der Waals surface area contributed by atoms with Gasteiger partial charge in [-0.2, -0.15) is 0 Å². The van der Waals surface area contributed by atoms with Crippen LogP contribution in [0.1, 0.15) is 0 Å². The lowest BCUT2D eigenvalue weighted by Gasteiger charge is -2.03. The largest absolute Gasteiger partial charge is 0.295 e. The quantitative estimate of drug-likeness (QED) is 0.627. The number of nitro benzene ring substituents is 1. The van der Waals surface area contributed by atoms with Crippen molar-refractivity contribution in [1.82, 2.24) is 4.98 Å². The van der Waals surface area contributed by atoms with Crippen molar-refractivity contribution in [2.45, 2.75) is 4.90 Å². The minimum Gasteiger partial charge on any atom is -0.258 e. The van der Waals surface area contributed by atoms with Gasteiger partial charge in [0.05, 0.1) is 9.82 Å². The fourth-order valence-corrected chi connectivity index (χ4v) is 2.26. The second-order valence-corrected chi connectivity index (χ2v) is 4.81. The highest BCUT2D eigenvalue weighted by Gasteiger charge is 2.19. The monoisotopic (exact) mass is 253 g/mol. The minimum atomic E-state index is -3.93. The van der Waals surface area contributed by atoms with Crippen LogP contribution in [-0.4, -0.2) is 18.3 Å². The van der Waals surface area contributed by atoms with Crippen LogP contribution in [-0.2, 0) is 10.0 Å². The summed E-state index contributed by atoms with van der Waals surface area (Å²) in [7, 11) is -3.93. The SMILES string of the molecule is NS(=O)(=O)c1ccc([N+](=O)[O-])c2ncccc12. The summed E-state index contributed by atoms with van der Waals surface area (Å²) in [5.74, 6) is 0. The zero-order valence-corrected chi connectivity index (χ0v) is 9.22. The highest BCUT2D eigenvalue weighted by molar-refractivity contribution is 7.89. The first-order chi connectivity index (χ1) is 7.91. The van der Waals surface area contributed by atoms with E-state index in [1.807, 2.05) is 0 Å². The number of hydrogen-bond acceptors (Lipinski definition) is 5. The molecular weight excluding hydrogens is 246 g/mol. The van der Waals surface area contributed by atoms with Crippen molar-refractivity contribution in [3.05, 3.63) is 40.6 Å². The second kappa shape index (κ2) is 3.75. The summed E-state index contributed by atoms with van der Waals surface area (Å²) in [5.41, 5.74) is -0.253. The summed E-state index contributed by atoms with van der Waals surface area (Å²) < 4.78 is 22.6. The fourth-order valence-electron chi connectivity index (χ4n) is 1.53. The molecule has 0 radical (unpaired) electrons. The molecule has 2 rings (SSSR count). The van der Waals surface area contributed by atoms with Gasteiger partial charge < -0.3 is 0 Å². The Balaban J connectivity index is 2.95. The number of non-ortho nitro benzene ring substituents is 1. The van der Waals surface area contributed by atoms with Crippen molar-refractivity contribution in [1.29, 1.82) is 0 Å². The Labute approximate surface area is 96.1 Å². The van der Waals surface area contributed by atoms with Gasteiger partial charge in [-0.25, -0.2) is 18.5 Å². The molecule has 0 atom stereocenters. The molecule has 0 unspecified atom stereocenters. The maximum Gasteiger partial charge on any atom is 0.295 e. The molecular formula is C9H7N3O4S. The average Bonchev–Trinajstić information content (AvgIpc) is 2.26. The Morgan fingerprint density at radius 3 is 2.59 bits per heavy atom. The van der Waals surface area contributed by atoms with Gasteiger partial charge in [-0.1, -0.05) is 0 Å². The van der Waals surface area contributed by atoms with Crippen LogP contribution in [0.4, 0.5) is 5.69 Å². The molecule has 1 aromatic heterocycles. The fraction of sp³-hybridized carbons (Fsp3) is 0. The van der Waals surface area contributed by atoms with Crippen molar-refractivity contribution in [2.24, 2.45) is 5.14 Å². The van der Waals surface area contributed by atoms with E-state index in [2.05, 4.69) is 4.98 Å². The molecule has 17 heavy (non-hydrogen) atoms. The molecule has 8 heteroatoms. The first kappa shape index (κ1) is 11.4. The number of aromatic nitrogens is 1. The molecule has 7 nitrogen and oxygen atoms in total. The zero-order chi connectivity index (χ0) is 12.6. The molecule has 0 saturated carbocycles. The molecule has 2 N–H and O–H groups in total. The smallest absolute Gasteiger partial charge is 0.258 e. The van der Waals surface area contributed by atoms with Gasteiger partial charge >= 0.3 is 0 Å². The summed E-state index contributed by atoms with van der Waals surface area (Å²) in [6, 6.07) is 5.10. The lowest BCUT2D eigenvalue weighted by molar-refractivity contribution is -0.383. The van der Waals surface area contributed by atoms with Gasteiger partial charge in [0, 0.05) is 17.6 Å². The topological polar surface area (TPSA) is 116 Å². The van der Waals surface area contributed by atoms with E-state index in [9.17, 15) is 18.5 Å². The van der Waals surface area contributed by atoms with Gasteiger partial charge in [0.15, 0.2) is 0 Å². The third-order valence-electron chi connectivity index (χ3n) is 2.21. The number of nitrogens with two attached hydrogens (primary N) is 1. The third kappa shape index (κ3) is 1.95. The van der Waals surface area contributed by atoms with Crippen molar-refractivity contribution in [3.63, 3.8) is 0 Å². The van der Waals surface area contributed by atoms with E-state index in [1.165, 1.54) is 18.3 Å². The van der Waals surface area contributed by atoms with Gasteiger partial charge in [-0.3, -0.25) is 10.1 Å². The summed E-state index contributed by atoms with van der Waals surface area (Å²) in [6.45, 7) is 0. The first-order valence-electron chi connectivity index (χ1n) is 4.46. The van der Waals surface area contributed by atoms with E-state index in [0.717, 1.165) is 12.1 Å². The normalized spacial score (nSPS) is 11.6. The highest BCUT2D eigenvalue weighted by Crippen LogP contribution is 2.28. The van der Waals surface area contributed by atoms with E-state index in [1.54, 1.807) is 0 Å². The Morgan fingerprint density at radius 2 is 2.00 bits per heavy atom. The molecule has 0 spiro atoms. The Hall–Kier alpha value is -2.06. The summed E-state index contributed by atoms with van der Waals surface area (Å²) in [5, 5.41) is 15.9. The minimum absolute atomic E-state index is 0.00373. The average molecular weight is 253 g/mol. The van der Waals surface area contributed by atoms with Crippen LogP contribution in [0, 0.1) is 10.1 Å². The number of benzene rings is 1. The van der Waals surface area contributed by atoms with E-state index < -0.39 is 14.9 Å². The lowest BCUT2D eigenvalue weighted by Crippen LogP contribution is -2.13. The molecule has 0 aliphatic carbocycles. The van der Waals surface area contributed by atoms with Crippen LogP contribution in [0.2, 0.25) is 0 Å². The number of nitro groups is 1. The van der Waals surface area contributed by atoms with Gasteiger partial charge in [0.25, 0.3) is 5.69 Å². The highest BCUT2D eigenvalue weighted by atomic mass is 32.2.